The van der Waals surface area contributed by atoms with E-state index in [1.807, 2.05) is 29.3 Å². The molecular formula is C20H25N3O2. The molecule has 0 saturated carbocycles. The minimum Gasteiger partial charge on any atom is -0.508 e. The molecule has 5 heteroatoms. The first-order valence-electron chi connectivity index (χ1n) is 8.76. The zero-order valence-corrected chi connectivity index (χ0v) is 14.6. The summed E-state index contributed by atoms with van der Waals surface area (Å²) >= 11 is 0. The molecule has 1 aliphatic heterocycles. The molecule has 132 valence electrons. The molecular weight excluding hydrogens is 314 g/mol. The predicted octanol–water partition coefficient (Wildman–Crippen LogP) is 2.45. The molecule has 0 aliphatic carbocycles. The van der Waals surface area contributed by atoms with E-state index in [9.17, 15) is 9.90 Å². The van der Waals surface area contributed by atoms with E-state index in [0.29, 0.717) is 13.0 Å². The number of aromatic hydroxyl groups is 1. The van der Waals surface area contributed by atoms with Gasteiger partial charge in [0.2, 0.25) is 5.91 Å². The number of aromatic nitrogens is 1. The summed E-state index contributed by atoms with van der Waals surface area (Å²) in [6.45, 7) is 2.60. The van der Waals surface area contributed by atoms with Crippen LogP contribution in [0.3, 0.4) is 0 Å². The Balaban J connectivity index is 1.76. The van der Waals surface area contributed by atoms with Crippen molar-refractivity contribution in [3.8, 4) is 5.75 Å². The summed E-state index contributed by atoms with van der Waals surface area (Å²) in [5.41, 5.74) is 1.89. The largest absolute Gasteiger partial charge is 0.508 e. The van der Waals surface area contributed by atoms with Crippen molar-refractivity contribution < 1.29 is 9.90 Å². The summed E-state index contributed by atoms with van der Waals surface area (Å²) in [4.78, 5) is 21.5. The molecule has 0 bridgehead atoms. The Labute approximate surface area is 148 Å². The Hall–Kier alpha value is -2.40. The van der Waals surface area contributed by atoms with Crippen molar-refractivity contribution >= 4 is 5.91 Å². The summed E-state index contributed by atoms with van der Waals surface area (Å²) in [7, 11) is 2.12. The number of piperidine rings is 1. The van der Waals surface area contributed by atoms with Crippen molar-refractivity contribution in [2.75, 3.05) is 20.1 Å². The average molecular weight is 339 g/mol. The van der Waals surface area contributed by atoms with Crippen LogP contribution < -0.4 is 0 Å². The summed E-state index contributed by atoms with van der Waals surface area (Å²) in [6.07, 6.45) is 5.85. The number of amides is 1. The molecule has 0 unspecified atom stereocenters. The van der Waals surface area contributed by atoms with E-state index in [0.717, 1.165) is 37.1 Å². The Morgan fingerprint density at radius 2 is 2.00 bits per heavy atom. The molecule has 2 aromatic rings. The van der Waals surface area contributed by atoms with Crippen molar-refractivity contribution in [2.24, 2.45) is 0 Å². The number of benzene rings is 1. The zero-order chi connectivity index (χ0) is 17.6. The van der Waals surface area contributed by atoms with E-state index >= 15 is 0 Å². The Bertz CT molecular complexity index is 697. The van der Waals surface area contributed by atoms with Gasteiger partial charge in [0.1, 0.15) is 5.75 Å². The van der Waals surface area contributed by atoms with Gasteiger partial charge in [-0.25, -0.2) is 0 Å². The van der Waals surface area contributed by atoms with E-state index in [2.05, 4.69) is 16.9 Å². The van der Waals surface area contributed by atoms with E-state index in [-0.39, 0.29) is 17.7 Å². The normalized spacial score (nSPS) is 15.9. The first-order chi connectivity index (χ1) is 12.1. The summed E-state index contributed by atoms with van der Waals surface area (Å²) in [5, 5.41) is 9.64. The number of carbonyl (C=O) groups excluding carboxylic acids is 1. The van der Waals surface area contributed by atoms with Crippen molar-refractivity contribution in [2.45, 2.75) is 31.8 Å². The number of carbonyl (C=O) groups is 1. The van der Waals surface area contributed by atoms with Gasteiger partial charge in [0.05, 0.1) is 6.42 Å². The maximum Gasteiger partial charge on any atom is 0.227 e. The highest BCUT2D eigenvalue weighted by Gasteiger charge is 2.27. The van der Waals surface area contributed by atoms with Crippen molar-refractivity contribution in [3.05, 3.63) is 59.9 Å². The SMILES string of the molecule is CN1CCC(N(Cc2cccnc2)C(=O)Cc2cccc(O)c2)CC1. The average Bonchev–Trinajstić information content (AvgIpc) is 2.61. The van der Waals surface area contributed by atoms with E-state index < -0.39 is 0 Å². The molecule has 25 heavy (non-hydrogen) atoms. The summed E-state index contributed by atoms with van der Waals surface area (Å²) in [5.74, 6) is 0.299. The second kappa shape index (κ2) is 8.12. The number of pyridine rings is 1. The number of phenolic OH excluding ortho intramolecular Hbond substituents is 1. The third-order valence-corrected chi connectivity index (χ3v) is 4.79. The topological polar surface area (TPSA) is 56.7 Å². The van der Waals surface area contributed by atoms with Gasteiger partial charge in [-0.3, -0.25) is 9.78 Å². The van der Waals surface area contributed by atoms with Crippen LogP contribution in [0.15, 0.2) is 48.8 Å². The van der Waals surface area contributed by atoms with Gasteiger partial charge in [0, 0.05) is 25.0 Å². The van der Waals surface area contributed by atoms with Crippen molar-refractivity contribution in [3.63, 3.8) is 0 Å². The van der Waals surface area contributed by atoms with Gasteiger partial charge in [-0.2, -0.15) is 0 Å². The van der Waals surface area contributed by atoms with Crippen LogP contribution in [0, 0.1) is 0 Å². The van der Waals surface area contributed by atoms with Crippen LogP contribution in [-0.4, -0.2) is 52.0 Å². The molecule has 1 aliphatic rings. The Morgan fingerprint density at radius 3 is 2.68 bits per heavy atom. The van der Waals surface area contributed by atoms with Crippen LogP contribution in [-0.2, 0) is 17.8 Å². The molecule has 1 saturated heterocycles. The number of hydrogen-bond donors (Lipinski definition) is 1. The quantitative estimate of drug-likeness (QED) is 0.909. The Morgan fingerprint density at radius 1 is 1.24 bits per heavy atom. The monoisotopic (exact) mass is 339 g/mol. The molecule has 1 fully saturated rings. The summed E-state index contributed by atoms with van der Waals surface area (Å²) in [6, 6.07) is 11.1. The van der Waals surface area contributed by atoms with Crippen LogP contribution in [0.2, 0.25) is 0 Å². The number of rotatable bonds is 5. The third kappa shape index (κ3) is 4.79. The van der Waals surface area contributed by atoms with Gasteiger partial charge in [-0.15, -0.1) is 0 Å². The number of nitrogens with zero attached hydrogens (tertiary/aromatic N) is 3. The fourth-order valence-electron chi connectivity index (χ4n) is 3.36. The minimum atomic E-state index is 0.101. The molecule has 0 radical (unpaired) electrons. The number of likely N-dealkylation sites (tertiary alicyclic amines) is 1. The minimum absolute atomic E-state index is 0.101. The third-order valence-electron chi connectivity index (χ3n) is 4.79. The van der Waals surface area contributed by atoms with Crippen LogP contribution in [0.25, 0.3) is 0 Å². The lowest BCUT2D eigenvalue weighted by molar-refractivity contribution is -0.134. The van der Waals surface area contributed by atoms with Gasteiger partial charge < -0.3 is 14.9 Å². The van der Waals surface area contributed by atoms with Crippen LogP contribution in [0.5, 0.6) is 5.75 Å². The van der Waals surface area contributed by atoms with Gasteiger partial charge in [0.25, 0.3) is 0 Å². The Kier molecular flexibility index (Phi) is 5.66. The molecule has 3 rings (SSSR count). The lowest BCUT2D eigenvalue weighted by atomic mass is 10.0. The fraction of sp³-hybridized carbons (Fsp3) is 0.400. The highest BCUT2D eigenvalue weighted by molar-refractivity contribution is 5.79. The van der Waals surface area contributed by atoms with Gasteiger partial charge in [-0.1, -0.05) is 18.2 Å². The molecule has 1 aromatic carbocycles. The predicted molar refractivity (Wildman–Crippen MR) is 97.1 cm³/mol. The van der Waals surface area contributed by atoms with Gasteiger partial charge in [-0.05, 0) is 62.3 Å². The molecule has 2 heterocycles. The van der Waals surface area contributed by atoms with Crippen LogP contribution in [0.4, 0.5) is 0 Å². The standard InChI is InChI=1S/C20H25N3O2/c1-22-10-7-18(8-11-22)23(15-17-5-3-9-21-14-17)20(25)13-16-4-2-6-19(24)12-16/h2-6,9,12,14,18,24H,7-8,10-11,13,15H2,1H3. The second-order valence-electron chi connectivity index (χ2n) is 6.76. The maximum absolute atomic E-state index is 13.0. The molecule has 5 nitrogen and oxygen atoms in total. The molecule has 1 amide bonds. The van der Waals surface area contributed by atoms with Gasteiger partial charge in [0.15, 0.2) is 0 Å². The molecule has 0 spiro atoms. The van der Waals surface area contributed by atoms with Crippen molar-refractivity contribution in [1.29, 1.82) is 0 Å². The molecule has 1 N–H and O–H groups in total. The first-order valence-corrected chi connectivity index (χ1v) is 8.76. The zero-order valence-electron chi connectivity index (χ0n) is 14.6. The fourth-order valence-corrected chi connectivity index (χ4v) is 3.36. The van der Waals surface area contributed by atoms with Crippen LogP contribution in [0.1, 0.15) is 24.0 Å². The molecule has 0 atom stereocenters. The van der Waals surface area contributed by atoms with E-state index in [4.69, 9.17) is 0 Å². The number of phenols is 1. The number of hydrogen-bond acceptors (Lipinski definition) is 4. The smallest absolute Gasteiger partial charge is 0.227 e. The summed E-state index contributed by atoms with van der Waals surface area (Å²) < 4.78 is 0. The lowest BCUT2D eigenvalue weighted by Gasteiger charge is -2.37. The highest BCUT2D eigenvalue weighted by atomic mass is 16.3. The van der Waals surface area contributed by atoms with Gasteiger partial charge >= 0.3 is 0 Å². The lowest BCUT2D eigenvalue weighted by Crippen LogP contribution is -2.46. The van der Waals surface area contributed by atoms with Crippen LogP contribution >= 0.6 is 0 Å². The molecule has 1 aromatic heterocycles. The highest BCUT2D eigenvalue weighted by Crippen LogP contribution is 2.20. The van der Waals surface area contributed by atoms with E-state index in [1.54, 1.807) is 24.4 Å². The van der Waals surface area contributed by atoms with E-state index in [1.165, 1.54) is 0 Å². The first kappa shape index (κ1) is 17.4. The van der Waals surface area contributed by atoms with Crippen molar-refractivity contribution in [1.82, 2.24) is 14.8 Å². The second-order valence-corrected chi connectivity index (χ2v) is 6.76. The maximum atomic E-state index is 13.0.